The van der Waals surface area contributed by atoms with Gasteiger partial charge in [-0.3, -0.25) is 4.79 Å². The molecule has 134 valence electrons. The van der Waals surface area contributed by atoms with E-state index < -0.39 is 0 Å². The second-order valence-electron chi connectivity index (χ2n) is 6.84. The molecule has 0 atom stereocenters. The molecule has 0 heterocycles. The van der Waals surface area contributed by atoms with Crippen LogP contribution in [0.3, 0.4) is 0 Å². The van der Waals surface area contributed by atoms with Crippen LogP contribution in [0.2, 0.25) is 5.02 Å². The van der Waals surface area contributed by atoms with Gasteiger partial charge in [-0.15, -0.1) is 0 Å². The summed E-state index contributed by atoms with van der Waals surface area (Å²) < 4.78 is 0. The third kappa shape index (κ3) is 4.56. The Balaban J connectivity index is 1.49. The Kier molecular flexibility index (Phi) is 5.80. The molecule has 26 heavy (non-hydrogen) atoms. The number of nitriles is 1. The summed E-state index contributed by atoms with van der Waals surface area (Å²) in [5.41, 5.74) is 3.28. The normalized spacial score (nSPS) is 19.4. The topological polar surface area (TPSA) is 64.9 Å². The molecule has 1 aliphatic carbocycles. The molecular formula is C21H22ClN3O. The fraction of sp³-hybridized carbons (Fsp3) is 0.333. The third-order valence-corrected chi connectivity index (χ3v) is 5.15. The van der Waals surface area contributed by atoms with Crippen LogP contribution in [-0.2, 0) is 0 Å². The molecule has 1 fully saturated rings. The summed E-state index contributed by atoms with van der Waals surface area (Å²) in [6.45, 7) is 2.01. The number of carbonyl (C=O) groups excluding carboxylic acids is 1. The van der Waals surface area contributed by atoms with Crippen LogP contribution in [-0.4, -0.2) is 18.0 Å². The van der Waals surface area contributed by atoms with Gasteiger partial charge in [0.1, 0.15) is 6.07 Å². The van der Waals surface area contributed by atoms with Gasteiger partial charge in [0.15, 0.2) is 0 Å². The van der Waals surface area contributed by atoms with Crippen molar-refractivity contribution in [3.8, 4) is 6.07 Å². The first kappa shape index (κ1) is 18.3. The van der Waals surface area contributed by atoms with Gasteiger partial charge < -0.3 is 10.6 Å². The van der Waals surface area contributed by atoms with Crippen LogP contribution in [0.1, 0.15) is 47.2 Å². The highest BCUT2D eigenvalue weighted by Crippen LogP contribution is 2.25. The summed E-state index contributed by atoms with van der Waals surface area (Å²) in [6.07, 6.45) is 3.85. The summed E-state index contributed by atoms with van der Waals surface area (Å²) >= 11 is 6.09. The SMILES string of the molecule is Cc1ccc(C(=O)N[C@H]2CC[C@H](Nc3ccc(C#N)c(Cl)c3)CC2)cc1. The number of hydrogen-bond acceptors (Lipinski definition) is 3. The predicted molar refractivity (Wildman–Crippen MR) is 104 cm³/mol. The Morgan fingerprint density at radius 2 is 1.73 bits per heavy atom. The molecule has 4 nitrogen and oxygen atoms in total. The highest BCUT2D eigenvalue weighted by atomic mass is 35.5. The zero-order valence-electron chi connectivity index (χ0n) is 14.8. The lowest BCUT2D eigenvalue weighted by Crippen LogP contribution is -2.40. The molecule has 0 aromatic heterocycles. The van der Waals surface area contributed by atoms with E-state index in [1.54, 1.807) is 12.1 Å². The first-order valence-corrected chi connectivity index (χ1v) is 9.26. The standard InChI is InChI=1S/C21H22ClN3O/c1-14-2-4-15(5-3-14)21(26)25-18-10-8-17(9-11-18)24-19-7-6-16(13-23)20(22)12-19/h2-7,12,17-18,24H,8-11H2,1H3,(H,25,26)/t17-,18-. The van der Waals surface area contributed by atoms with Crippen molar-refractivity contribution in [2.45, 2.75) is 44.7 Å². The number of rotatable bonds is 4. The van der Waals surface area contributed by atoms with E-state index in [0.717, 1.165) is 36.9 Å². The van der Waals surface area contributed by atoms with Crippen molar-refractivity contribution in [2.75, 3.05) is 5.32 Å². The lowest BCUT2D eigenvalue weighted by Gasteiger charge is -2.30. The number of nitrogens with one attached hydrogen (secondary N) is 2. The maximum Gasteiger partial charge on any atom is 0.251 e. The number of carbonyl (C=O) groups is 1. The maximum atomic E-state index is 12.3. The molecule has 0 saturated heterocycles. The minimum Gasteiger partial charge on any atom is -0.382 e. The minimum absolute atomic E-state index is 0.000262. The summed E-state index contributed by atoms with van der Waals surface area (Å²) in [6, 6.07) is 15.7. The fourth-order valence-corrected chi connectivity index (χ4v) is 3.51. The molecule has 5 heteroatoms. The molecule has 1 saturated carbocycles. The molecule has 0 unspecified atom stereocenters. The van der Waals surface area contributed by atoms with Crippen molar-refractivity contribution >= 4 is 23.2 Å². The highest BCUT2D eigenvalue weighted by Gasteiger charge is 2.22. The molecule has 2 aromatic carbocycles. The van der Waals surface area contributed by atoms with Crippen molar-refractivity contribution in [3.63, 3.8) is 0 Å². The first-order chi connectivity index (χ1) is 12.5. The van der Waals surface area contributed by atoms with Gasteiger partial charge in [0, 0.05) is 23.3 Å². The Labute approximate surface area is 159 Å². The summed E-state index contributed by atoms with van der Waals surface area (Å²) in [5, 5.41) is 16.0. The Morgan fingerprint density at radius 1 is 1.08 bits per heavy atom. The Bertz CT molecular complexity index is 818. The van der Waals surface area contributed by atoms with Gasteiger partial charge in [-0.2, -0.15) is 5.26 Å². The molecule has 0 bridgehead atoms. The number of anilines is 1. The largest absolute Gasteiger partial charge is 0.382 e. The van der Waals surface area contributed by atoms with Crippen LogP contribution in [0.15, 0.2) is 42.5 Å². The van der Waals surface area contributed by atoms with E-state index in [4.69, 9.17) is 16.9 Å². The number of amides is 1. The van der Waals surface area contributed by atoms with Crippen LogP contribution in [0.25, 0.3) is 0 Å². The van der Waals surface area contributed by atoms with Crippen LogP contribution in [0.4, 0.5) is 5.69 Å². The van der Waals surface area contributed by atoms with Gasteiger partial charge in [0.05, 0.1) is 10.6 Å². The van der Waals surface area contributed by atoms with Crippen LogP contribution in [0, 0.1) is 18.3 Å². The molecule has 0 aliphatic heterocycles. The van der Waals surface area contributed by atoms with Crippen LogP contribution < -0.4 is 10.6 Å². The Morgan fingerprint density at radius 3 is 2.35 bits per heavy atom. The molecule has 0 radical (unpaired) electrons. The average molecular weight is 368 g/mol. The smallest absolute Gasteiger partial charge is 0.251 e. The van der Waals surface area contributed by atoms with Crippen molar-refractivity contribution in [3.05, 3.63) is 64.2 Å². The number of halogens is 1. The van der Waals surface area contributed by atoms with Gasteiger partial charge in [-0.1, -0.05) is 29.3 Å². The average Bonchev–Trinajstić information content (AvgIpc) is 2.64. The summed E-state index contributed by atoms with van der Waals surface area (Å²) in [4.78, 5) is 12.3. The van der Waals surface area contributed by atoms with Crippen molar-refractivity contribution in [1.29, 1.82) is 5.26 Å². The zero-order chi connectivity index (χ0) is 18.5. The molecule has 0 spiro atoms. The van der Waals surface area contributed by atoms with Crippen LogP contribution >= 0.6 is 11.6 Å². The predicted octanol–water partition coefficient (Wildman–Crippen LogP) is 4.67. The third-order valence-electron chi connectivity index (χ3n) is 4.84. The van der Waals surface area contributed by atoms with E-state index >= 15 is 0 Å². The van der Waals surface area contributed by atoms with E-state index in [1.165, 1.54) is 0 Å². The first-order valence-electron chi connectivity index (χ1n) is 8.89. The van der Waals surface area contributed by atoms with E-state index in [9.17, 15) is 4.79 Å². The van der Waals surface area contributed by atoms with Gasteiger partial charge in [-0.05, 0) is 62.9 Å². The van der Waals surface area contributed by atoms with Gasteiger partial charge in [-0.25, -0.2) is 0 Å². The second-order valence-corrected chi connectivity index (χ2v) is 7.25. The lowest BCUT2D eigenvalue weighted by atomic mass is 9.90. The molecule has 1 aliphatic rings. The summed E-state index contributed by atoms with van der Waals surface area (Å²) in [5.74, 6) is 0.000262. The molecule has 2 N–H and O–H groups in total. The zero-order valence-corrected chi connectivity index (χ0v) is 15.5. The van der Waals surface area contributed by atoms with E-state index in [-0.39, 0.29) is 11.9 Å². The van der Waals surface area contributed by atoms with Crippen molar-refractivity contribution in [2.24, 2.45) is 0 Å². The van der Waals surface area contributed by atoms with E-state index in [1.807, 2.05) is 37.3 Å². The van der Waals surface area contributed by atoms with E-state index in [0.29, 0.717) is 22.2 Å². The number of aryl methyl sites for hydroxylation is 1. The molecule has 3 rings (SSSR count). The van der Waals surface area contributed by atoms with Crippen molar-refractivity contribution < 1.29 is 4.79 Å². The quantitative estimate of drug-likeness (QED) is 0.825. The van der Waals surface area contributed by atoms with Crippen molar-refractivity contribution in [1.82, 2.24) is 5.32 Å². The monoisotopic (exact) mass is 367 g/mol. The van der Waals surface area contributed by atoms with Gasteiger partial charge in [0.2, 0.25) is 0 Å². The molecular weight excluding hydrogens is 346 g/mol. The fourth-order valence-electron chi connectivity index (χ4n) is 3.29. The lowest BCUT2D eigenvalue weighted by molar-refractivity contribution is 0.0926. The minimum atomic E-state index is 0.000262. The number of benzene rings is 2. The van der Waals surface area contributed by atoms with Gasteiger partial charge >= 0.3 is 0 Å². The number of nitrogens with zero attached hydrogens (tertiary/aromatic N) is 1. The van der Waals surface area contributed by atoms with E-state index in [2.05, 4.69) is 16.7 Å². The second kappa shape index (κ2) is 8.25. The molecule has 2 aromatic rings. The van der Waals surface area contributed by atoms with Crippen LogP contribution in [0.5, 0.6) is 0 Å². The summed E-state index contributed by atoms with van der Waals surface area (Å²) in [7, 11) is 0. The maximum absolute atomic E-state index is 12.3. The molecule has 1 amide bonds. The highest BCUT2D eigenvalue weighted by molar-refractivity contribution is 6.32. The van der Waals surface area contributed by atoms with Gasteiger partial charge in [0.25, 0.3) is 5.91 Å². The Hall–Kier alpha value is -2.51. The number of hydrogen-bond donors (Lipinski definition) is 2.